The zero-order valence-electron chi connectivity index (χ0n) is 12.0. The molecule has 1 rings (SSSR count). The number of hydrogen-bond donors (Lipinski definition) is 3. The second kappa shape index (κ2) is 9.10. The zero-order valence-corrected chi connectivity index (χ0v) is 13.5. The largest absolute Gasteiger partial charge is 0.489 e. The Morgan fingerprint density at radius 2 is 2.14 bits per heavy atom. The van der Waals surface area contributed by atoms with E-state index in [4.69, 9.17) is 27.9 Å². The molecule has 0 aromatic heterocycles. The number of benzene rings is 1. The first-order valence-corrected chi connectivity index (χ1v) is 7.46. The van der Waals surface area contributed by atoms with Crippen LogP contribution in [0.25, 0.3) is 0 Å². The third kappa shape index (κ3) is 6.52. The van der Waals surface area contributed by atoms with Gasteiger partial charge in [0.05, 0.1) is 11.1 Å². The van der Waals surface area contributed by atoms with Crippen LogP contribution in [-0.2, 0) is 4.79 Å². The van der Waals surface area contributed by atoms with Gasteiger partial charge in [-0.3, -0.25) is 4.79 Å². The van der Waals surface area contributed by atoms with Gasteiger partial charge in [-0.2, -0.15) is 0 Å². The third-order valence-corrected chi connectivity index (χ3v) is 3.26. The summed E-state index contributed by atoms with van der Waals surface area (Å²) in [6.45, 7) is 4.46. The van der Waals surface area contributed by atoms with Crippen LogP contribution in [0.5, 0.6) is 5.75 Å². The summed E-state index contributed by atoms with van der Waals surface area (Å²) in [6, 6.07) is 4.49. The Morgan fingerprint density at radius 1 is 1.43 bits per heavy atom. The number of aliphatic hydroxyl groups excluding tert-OH is 1. The molecule has 118 valence electrons. The second-order valence-electron chi connectivity index (χ2n) is 4.56. The molecular formula is C14H20Cl2N2O3. The van der Waals surface area contributed by atoms with E-state index in [1.807, 2.05) is 6.92 Å². The van der Waals surface area contributed by atoms with Crippen molar-refractivity contribution >= 4 is 29.1 Å². The maximum Gasteiger partial charge on any atom is 0.236 e. The van der Waals surface area contributed by atoms with Crippen molar-refractivity contribution in [3.63, 3.8) is 0 Å². The lowest BCUT2D eigenvalue weighted by Gasteiger charge is -2.17. The van der Waals surface area contributed by atoms with Crippen LogP contribution in [0.4, 0.5) is 0 Å². The van der Waals surface area contributed by atoms with Gasteiger partial charge < -0.3 is 20.5 Å². The molecular weight excluding hydrogens is 315 g/mol. The molecule has 3 N–H and O–H groups in total. The maximum absolute atomic E-state index is 11.5. The summed E-state index contributed by atoms with van der Waals surface area (Å²) in [7, 11) is 0. The highest BCUT2D eigenvalue weighted by atomic mass is 35.5. The molecule has 2 unspecified atom stereocenters. The van der Waals surface area contributed by atoms with Gasteiger partial charge in [-0.05, 0) is 32.0 Å². The summed E-state index contributed by atoms with van der Waals surface area (Å²) in [5, 5.41) is 16.4. The van der Waals surface area contributed by atoms with Gasteiger partial charge in [-0.15, -0.1) is 0 Å². The highest BCUT2D eigenvalue weighted by molar-refractivity contribution is 6.35. The molecule has 0 saturated carbocycles. The number of likely N-dealkylation sites (N-methyl/N-ethyl adjacent to an activating group) is 1. The highest BCUT2D eigenvalue weighted by Gasteiger charge is 2.14. The SMILES string of the molecule is CCNC(=O)C(C)NCC(O)COc1ccc(Cl)cc1Cl. The second-order valence-corrected chi connectivity index (χ2v) is 5.41. The molecule has 5 nitrogen and oxygen atoms in total. The van der Waals surface area contributed by atoms with E-state index < -0.39 is 6.10 Å². The monoisotopic (exact) mass is 334 g/mol. The van der Waals surface area contributed by atoms with E-state index in [0.717, 1.165) is 0 Å². The number of carbonyl (C=O) groups excluding carboxylic acids is 1. The van der Waals surface area contributed by atoms with Crippen LogP contribution < -0.4 is 15.4 Å². The number of halogens is 2. The minimum absolute atomic E-state index is 0.0659. The molecule has 7 heteroatoms. The van der Waals surface area contributed by atoms with Gasteiger partial charge in [0.25, 0.3) is 0 Å². The fourth-order valence-electron chi connectivity index (χ4n) is 1.57. The van der Waals surface area contributed by atoms with E-state index >= 15 is 0 Å². The summed E-state index contributed by atoms with van der Waals surface area (Å²) in [5.41, 5.74) is 0. The molecule has 0 radical (unpaired) electrons. The smallest absolute Gasteiger partial charge is 0.236 e. The van der Waals surface area contributed by atoms with E-state index in [-0.39, 0.29) is 25.1 Å². The Labute approximate surface area is 134 Å². The number of hydrogen-bond acceptors (Lipinski definition) is 4. The van der Waals surface area contributed by atoms with Crippen molar-refractivity contribution in [2.45, 2.75) is 26.0 Å². The van der Waals surface area contributed by atoms with Crippen LogP contribution in [0.2, 0.25) is 10.0 Å². The van der Waals surface area contributed by atoms with Crippen molar-refractivity contribution in [3.8, 4) is 5.75 Å². The lowest BCUT2D eigenvalue weighted by Crippen LogP contribution is -2.45. The predicted octanol–water partition coefficient (Wildman–Crippen LogP) is 1.85. The maximum atomic E-state index is 11.5. The molecule has 0 fully saturated rings. The van der Waals surface area contributed by atoms with E-state index in [9.17, 15) is 9.90 Å². The molecule has 1 aromatic carbocycles. The first-order valence-electron chi connectivity index (χ1n) is 6.71. The number of amides is 1. The number of aliphatic hydroxyl groups is 1. The van der Waals surface area contributed by atoms with Crippen LogP contribution in [0.15, 0.2) is 18.2 Å². The molecule has 1 aromatic rings. The first-order chi connectivity index (χ1) is 9.93. The number of nitrogens with one attached hydrogen (secondary N) is 2. The Hall–Kier alpha value is -1.01. The van der Waals surface area contributed by atoms with E-state index in [0.29, 0.717) is 22.3 Å². The van der Waals surface area contributed by atoms with Gasteiger partial charge in [0.15, 0.2) is 0 Å². The summed E-state index contributed by atoms with van der Waals surface area (Å²) in [4.78, 5) is 11.5. The van der Waals surface area contributed by atoms with Crippen molar-refractivity contribution in [2.24, 2.45) is 0 Å². The summed E-state index contributed by atoms with van der Waals surface area (Å²) in [5.74, 6) is 0.350. The van der Waals surface area contributed by atoms with Gasteiger partial charge in [-0.1, -0.05) is 23.2 Å². The predicted molar refractivity (Wildman–Crippen MR) is 84.1 cm³/mol. The highest BCUT2D eigenvalue weighted by Crippen LogP contribution is 2.27. The standard InChI is InChI=1S/C14H20Cl2N2O3/c1-3-17-14(20)9(2)18-7-11(19)8-21-13-5-4-10(15)6-12(13)16/h4-6,9,11,18-19H,3,7-8H2,1-2H3,(H,17,20). The van der Waals surface area contributed by atoms with Gasteiger partial charge >= 0.3 is 0 Å². The molecule has 0 saturated heterocycles. The fourth-order valence-corrected chi connectivity index (χ4v) is 2.03. The topological polar surface area (TPSA) is 70.6 Å². The summed E-state index contributed by atoms with van der Waals surface area (Å²) in [6.07, 6.45) is -0.756. The number of rotatable bonds is 8. The Morgan fingerprint density at radius 3 is 2.76 bits per heavy atom. The van der Waals surface area contributed by atoms with Crippen LogP contribution in [0.1, 0.15) is 13.8 Å². The van der Waals surface area contributed by atoms with Crippen LogP contribution in [0, 0.1) is 0 Å². The minimum atomic E-state index is -0.756. The van der Waals surface area contributed by atoms with Crippen molar-refractivity contribution in [1.29, 1.82) is 0 Å². The lowest BCUT2D eigenvalue weighted by atomic mass is 10.3. The van der Waals surface area contributed by atoms with Gasteiger partial charge in [0, 0.05) is 18.1 Å². The van der Waals surface area contributed by atoms with Gasteiger partial charge in [0.2, 0.25) is 5.91 Å². The normalized spacial score (nSPS) is 13.6. The quantitative estimate of drug-likeness (QED) is 0.678. The van der Waals surface area contributed by atoms with Crippen LogP contribution in [-0.4, -0.2) is 42.9 Å². The van der Waals surface area contributed by atoms with E-state index in [1.165, 1.54) is 0 Å². The molecule has 0 bridgehead atoms. The number of ether oxygens (including phenoxy) is 1. The lowest BCUT2D eigenvalue weighted by molar-refractivity contribution is -0.122. The molecule has 21 heavy (non-hydrogen) atoms. The van der Waals surface area contributed by atoms with Crippen molar-refractivity contribution in [1.82, 2.24) is 10.6 Å². The Balaban J connectivity index is 2.34. The van der Waals surface area contributed by atoms with Crippen molar-refractivity contribution in [2.75, 3.05) is 19.7 Å². The Kier molecular flexibility index (Phi) is 7.82. The average Bonchev–Trinajstić information content (AvgIpc) is 2.44. The average molecular weight is 335 g/mol. The molecule has 0 spiro atoms. The van der Waals surface area contributed by atoms with Crippen molar-refractivity contribution in [3.05, 3.63) is 28.2 Å². The molecule has 0 aliphatic carbocycles. The third-order valence-electron chi connectivity index (χ3n) is 2.73. The van der Waals surface area contributed by atoms with Gasteiger partial charge in [0.1, 0.15) is 18.5 Å². The summed E-state index contributed by atoms with van der Waals surface area (Å²) < 4.78 is 5.41. The summed E-state index contributed by atoms with van der Waals surface area (Å²) >= 11 is 11.7. The fraction of sp³-hybridized carbons (Fsp3) is 0.500. The van der Waals surface area contributed by atoms with Crippen LogP contribution >= 0.6 is 23.2 Å². The minimum Gasteiger partial charge on any atom is -0.489 e. The molecule has 0 heterocycles. The van der Waals surface area contributed by atoms with E-state index in [2.05, 4.69) is 10.6 Å². The molecule has 0 aliphatic heterocycles. The van der Waals surface area contributed by atoms with E-state index in [1.54, 1.807) is 25.1 Å². The molecule has 0 aliphatic rings. The first kappa shape index (κ1) is 18.0. The van der Waals surface area contributed by atoms with Gasteiger partial charge in [-0.25, -0.2) is 0 Å². The molecule has 1 amide bonds. The van der Waals surface area contributed by atoms with Crippen molar-refractivity contribution < 1.29 is 14.6 Å². The zero-order chi connectivity index (χ0) is 15.8. The number of carbonyl (C=O) groups is 1. The molecule has 2 atom stereocenters. The van der Waals surface area contributed by atoms with Crippen LogP contribution in [0.3, 0.4) is 0 Å². The Bertz CT molecular complexity index is 472.